The van der Waals surface area contributed by atoms with E-state index in [2.05, 4.69) is 0 Å². The fourth-order valence-corrected chi connectivity index (χ4v) is 3.49. The lowest BCUT2D eigenvalue weighted by Crippen LogP contribution is -2.21. The molecule has 0 aliphatic heterocycles. The van der Waals surface area contributed by atoms with Crippen molar-refractivity contribution >= 4 is 7.60 Å². The molecule has 0 bridgehead atoms. The molecule has 1 rings (SSSR count). The minimum absolute atomic E-state index is 0.0678. The normalized spacial score (nSPS) is 14.2. The number of rotatable bonds is 6. The Morgan fingerprint density at radius 1 is 1.24 bits per heavy atom. The van der Waals surface area contributed by atoms with E-state index in [9.17, 15) is 22.1 Å². The van der Waals surface area contributed by atoms with Gasteiger partial charge in [-0.25, -0.2) is 4.39 Å². The van der Waals surface area contributed by atoms with Crippen LogP contribution in [0.1, 0.15) is 30.8 Å². The Hall–Kier alpha value is -0.950. The van der Waals surface area contributed by atoms with Crippen LogP contribution in [0.15, 0.2) is 18.2 Å². The van der Waals surface area contributed by atoms with Crippen LogP contribution in [0, 0.1) is 5.82 Å². The summed E-state index contributed by atoms with van der Waals surface area (Å²) in [4.78, 5) is 0. The van der Waals surface area contributed by atoms with E-state index >= 15 is 0 Å². The van der Waals surface area contributed by atoms with Gasteiger partial charge in [-0.1, -0.05) is 12.1 Å². The Kier molecular flexibility index (Phi) is 5.92. The summed E-state index contributed by atoms with van der Waals surface area (Å²) in [6.45, 7) is 2.85. The zero-order chi connectivity index (χ0) is 16.3. The van der Waals surface area contributed by atoms with Gasteiger partial charge in [0, 0.05) is 0 Å². The van der Waals surface area contributed by atoms with Gasteiger partial charge in [-0.3, -0.25) is 4.57 Å². The second kappa shape index (κ2) is 6.87. The van der Waals surface area contributed by atoms with Gasteiger partial charge < -0.3 is 14.8 Å². The first-order valence-corrected chi connectivity index (χ1v) is 7.78. The first-order chi connectivity index (χ1) is 9.67. The standard InChI is InChI=1S/C12H16F4NO3P/c1-3-19-21(18,20-4-2)11(17)8-6-5-7-9(13)10(8)12(14,15)16/h5-7,11H,3-4,17H2,1-2H3/t11-/m0/s1. The lowest BCUT2D eigenvalue weighted by atomic mass is 10.1. The highest BCUT2D eigenvalue weighted by atomic mass is 31.2. The summed E-state index contributed by atoms with van der Waals surface area (Å²) >= 11 is 0. The Morgan fingerprint density at radius 2 is 1.76 bits per heavy atom. The Bertz CT molecular complexity index is 526. The third kappa shape index (κ3) is 4.03. The molecule has 2 N–H and O–H groups in total. The van der Waals surface area contributed by atoms with E-state index in [1.807, 2.05) is 0 Å². The van der Waals surface area contributed by atoms with E-state index in [4.69, 9.17) is 14.8 Å². The average Bonchev–Trinajstić information content (AvgIpc) is 2.36. The van der Waals surface area contributed by atoms with E-state index in [1.165, 1.54) is 13.8 Å². The summed E-state index contributed by atoms with van der Waals surface area (Å²) in [6, 6.07) is 2.68. The number of hydrogen-bond donors (Lipinski definition) is 1. The van der Waals surface area contributed by atoms with Gasteiger partial charge in [-0.15, -0.1) is 0 Å². The molecule has 0 radical (unpaired) electrons. The van der Waals surface area contributed by atoms with E-state index in [-0.39, 0.29) is 13.2 Å². The molecule has 0 fully saturated rings. The molecule has 0 saturated heterocycles. The van der Waals surface area contributed by atoms with Crippen LogP contribution in [0.4, 0.5) is 17.6 Å². The maximum absolute atomic E-state index is 13.5. The zero-order valence-corrected chi connectivity index (χ0v) is 12.4. The maximum Gasteiger partial charge on any atom is 0.419 e. The van der Waals surface area contributed by atoms with Crippen LogP contribution in [-0.4, -0.2) is 13.2 Å². The minimum atomic E-state index is -4.97. The summed E-state index contributed by atoms with van der Waals surface area (Å²) < 4.78 is 74.7. The predicted molar refractivity (Wildman–Crippen MR) is 69.2 cm³/mol. The van der Waals surface area contributed by atoms with Gasteiger partial charge in [0.1, 0.15) is 11.6 Å². The van der Waals surface area contributed by atoms with Crippen LogP contribution in [0.5, 0.6) is 0 Å². The second-order valence-corrected chi connectivity index (χ2v) is 6.17. The molecule has 0 spiro atoms. The van der Waals surface area contributed by atoms with Gasteiger partial charge in [0.05, 0.1) is 18.8 Å². The molecule has 1 aromatic carbocycles. The fraction of sp³-hybridized carbons (Fsp3) is 0.500. The lowest BCUT2D eigenvalue weighted by molar-refractivity contribution is -0.140. The average molecular weight is 329 g/mol. The van der Waals surface area contributed by atoms with Crippen LogP contribution in [0.25, 0.3) is 0 Å². The highest BCUT2D eigenvalue weighted by Gasteiger charge is 2.43. The van der Waals surface area contributed by atoms with Crippen LogP contribution < -0.4 is 5.73 Å². The van der Waals surface area contributed by atoms with Crippen molar-refractivity contribution in [1.82, 2.24) is 0 Å². The molecule has 0 aromatic heterocycles. The molecule has 0 saturated carbocycles. The first kappa shape index (κ1) is 18.1. The summed E-state index contributed by atoms with van der Waals surface area (Å²) in [6.07, 6.45) is -4.97. The molecule has 0 heterocycles. The highest BCUT2D eigenvalue weighted by Crippen LogP contribution is 2.59. The summed E-state index contributed by atoms with van der Waals surface area (Å²) in [5, 5.41) is 0. The van der Waals surface area contributed by atoms with Crippen molar-refractivity contribution in [2.24, 2.45) is 5.73 Å². The molecule has 0 unspecified atom stereocenters. The highest BCUT2D eigenvalue weighted by molar-refractivity contribution is 7.54. The van der Waals surface area contributed by atoms with Crippen LogP contribution in [0.2, 0.25) is 0 Å². The monoisotopic (exact) mass is 329 g/mol. The Labute approximate surface area is 119 Å². The Balaban J connectivity index is 3.39. The lowest BCUT2D eigenvalue weighted by Gasteiger charge is -2.25. The topological polar surface area (TPSA) is 61.5 Å². The number of hydrogen-bond acceptors (Lipinski definition) is 4. The van der Waals surface area contributed by atoms with Crippen molar-refractivity contribution in [3.8, 4) is 0 Å². The van der Waals surface area contributed by atoms with Gasteiger partial charge in [0.15, 0.2) is 0 Å². The van der Waals surface area contributed by atoms with Crippen LogP contribution in [-0.2, 0) is 19.8 Å². The van der Waals surface area contributed by atoms with Crippen molar-refractivity contribution in [1.29, 1.82) is 0 Å². The van der Waals surface area contributed by atoms with E-state index in [0.717, 1.165) is 12.1 Å². The predicted octanol–water partition coefficient (Wildman–Crippen LogP) is 4.07. The van der Waals surface area contributed by atoms with Crippen molar-refractivity contribution in [2.45, 2.75) is 25.8 Å². The van der Waals surface area contributed by atoms with E-state index in [0.29, 0.717) is 6.07 Å². The third-order valence-electron chi connectivity index (χ3n) is 2.61. The molecular formula is C12H16F4NO3P. The van der Waals surface area contributed by atoms with Crippen molar-refractivity contribution in [3.05, 3.63) is 35.1 Å². The molecule has 21 heavy (non-hydrogen) atoms. The molecule has 9 heteroatoms. The first-order valence-electron chi connectivity index (χ1n) is 6.17. The van der Waals surface area contributed by atoms with Gasteiger partial charge in [-0.2, -0.15) is 13.2 Å². The number of nitrogens with two attached hydrogens (primary N) is 1. The van der Waals surface area contributed by atoms with Crippen molar-refractivity contribution < 1.29 is 31.2 Å². The second-order valence-electron chi connectivity index (χ2n) is 4.02. The minimum Gasteiger partial charge on any atom is -0.314 e. The third-order valence-corrected chi connectivity index (χ3v) is 4.80. The van der Waals surface area contributed by atoms with E-state index < -0.39 is 36.5 Å². The summed E-state index contributed by atoms with van der Waals surface area (Å²) in [5.41, 5.74) is 3.41. The van der Waals surface area contributed by atoms with Crippen LogP contribution >= 0.6 is 7.60 Å². The molecular weight excluding hydrogens is 313 g/mol. The number of halogens is 4. The van der Waals surface area contributed by atoms with Gasteiger partial charge in [0.25, 0.3) is 0 Å². The molecule has 1 atom stereocenters. The van der Waals surface area contributed by atoms with E-state index in [1.54, 1.807) is 0 Å². The number of benzene rings is 1. The summed E-state index contributed by atoms with van der Waals surface area (Å²) in [5.74, 6) is -3.22. The molecule has 1 aromatic rings. The number of alkyl halides is 3. The molecule has 0 amide bonds. The Morgan fingerprint density at radius 3 is 2.19 bits per heavy atom. The smallest absolute Gasteiger partial charge is 0.314 e. The van der Waals surface area contributed by atoms with Gasteiger partial charge >= 0.3 is 13.8 Å². The fourth-order valence-electron chi connectivity index (χ4n) is 1.81. The largest absolute Gasteiger partial charge is 0.419 e. The zero-order valence-electron chi connectivity index (χ0n) is 11.5. The SMILES string of the molecule is CCOP(=O)(OCC)[C@H](N)c1cccc(F)c1C(F)(F)F. The van der Waals surface area contributed by atoms with Crippen LogP contribution in [0.3, 0.4) is 0 Å². The quantitative estimate of drug-likeness (QED) is 0.631. The molecule has 120 valence electrons. The molecule has 0 aliphatic rings. The summed E-state index contributed by atoms with van der Waals surface area (Å²) in [7, 11) is -4.04. The maximum atomic E-state index is 13.5. The van der Waals surface area contributed by atoms with Crippen molar-refractivity contribution in [2.75, 3.05) is 13.2 Å². The van der Waals surface area contributed by atoms with Gasteiger partial charge in [-0.05, 0) is 25.5 Å². The van der Waals surface area contributed by atoms with Gasteiger partial charge in [0.2, 0.25) is 0 Å². The van der Waals surface area contributed by atoms with Crippen molar-refractivity contribution in [3.63, 3.8) is 0 Å². The molecule has 0 aliphatic carbocycles. The molecule has 4 nitrogen and oxygen atoms in total.